The number of hydrogen-bond donors (Lipinski definition) is 2. The van der Waals surface area contributed by atoms with Gasteiger partial charge in [0.2, 0.25) is 5.91 Å². The predicted octanol–water partition coefficient (Wildman–Crippen LogP) is 4.61. The number of ether oxygens (including phenoxy) is 1. The summed E-state index contributed by atoms with van der Waals surface area (Å²) < 4.78 is 32.9. The molecule has 7 heteroatoms. The average molecular weight is 453 g/mol. The molecule has 0 radical (unpaired) electrons. The van der Waals surface area contributed by atoms with Crippen LogP contribution >= 0.6 is 0 Å². The van der Waals surface area contributed by atoms with Gasteiger partial charge >= 0.3 is 0 Å². The number of nitrogens with one attached hydrogen (secondary N) is 2. The van der Waals surface area contributed by atoms with Gasteiger partial charge in [-0.05, 0) is 67.8 Å². The van der Waals surface area contributed by atoms with Crippen LogP contribution in [0.3, 0.4) is 0 Å². The first-order valence-electron chi connectivity index (χ1n) is 10.4. The lowest BCUT2D eigenvalue weighted by Crippen LogP contribution is -2.26. The Balaban J connectivity index is 1.53. The van der Waals surface area contributed by atoms with Crippen molar-refractivity contribution in [2.24, 2.45) is 0 Å². The summed E-state index contributed by atoms with van der Waals surface area (Å²) in [5, 5.41) is 2.99. The van der Waals surface area contributed by atoms with Crippen LogP contribution in [0.15, 0.2) is 77.7 Å². The molecule has 0 aliphatic heterocycles. The minimum atomic E-state index is -3.66. The number of sulfonamides is 1. The number of amides is 1. The highest BCUT2D eigenvalue weighted by Gasteiger charge is 2.15. The van der Waals surface area contributed by atoms with Crippen molar-refractivity contribution in [3.8, 4) is 5.75 Å². The molecule has 0 saturated heterocycles. The number of carbonyl (C=O) groups excluding carboxylic acids is 1. The van der Waals surface area contributed by atoms with Crippen molar-refractivity contribution in [2.45, 2.75) is 37.6 Å². The molecule has 0 saturated carbocycles. The van der Waals surface area contributed by atoms with Crippen LogP contribution in [0.4, 0.5) is 5.69 Å². The molecule has 0 unspecified atom stereocenters. The predicted molar refractivity (Wildman–Crippen MR) is 126 cm³/mol. The molecule has 2 N–H and O–H groups in total. The van der Waals surface area contributed by atoms with Crippen molar-refractivity contribution in [1.82, 2.24) is 5.32 Å². The monoisotopic (exact) mass is 452 g/mol. The first-order chi connectivity index (χ1) is 15.3. The first-order valence-corrected chi connectivity index (χ1v) is 11.9. The van der Waals surface area contributed by atoms with Crippen molar-refractivity contribution in [3.63, 3.8) is 0 Å². The first kappa shape index (κ1) is 23.3. The third-order valence-corrected chi connectivity index (χ3v) is 6.57. The summed E-state index contributed by atoms with van der Waals surface area (Å²) >= 11 is 0. The zero-order chi connectivity index (χ0) is 23.1. The Bertz CT molecular complexity index is 1140. The molecule has 3 rings (SSSR count). The fourth-order valence-electron chi connectivity index (χ4n) is 3.22. The maximum absolute atomic E-state index is 12.6. The lowest BCUT2D eigenvalue weighted by Gasteiger charge is -2.15. The standard InChI is InChI=1S/C25H28N2O4S/c1-18-4-11-22(12-5-18)27-32(29,30)24-15-6-20(7-16-24)8-17-25(28)26-19(2)21-9-13-23(31-3)14-10-21/h4-7,9-16,19,27H,8,17H2,1-3H3,(H,26,28)/t19-/m0/s1. The number of anilines is 1. The number of rotatable bonds is 9. The fourth-order valence-corrected chi connectivity index (χ4v) is 4.28. The van der Waals surface area contributed by atoms with Crippen LogP contribution in [0.1, 0.15) is 36.1 Å². The van der Waals surface area contributed by atoms with Crippen LogP contribution in [0.5, 0.6) is 5.75 Å². The minimum Gasteiger partial charge on any atom is -0.497 e. The number of methoxy groups -OCH3 is 1. The highest BCUT2D eigenvalue weighted by atomic mass is 32.2. The summed E-state index contributed by atoms with van der Waals surface area (Å²) in [4.78, 5) is 12.5. The highest BCUT2D eigenvalue weighted by molar-refractivity contribution is 7.92. The minimum absolute atomic E-state index is 0.0638. The van der Waals surface area contributed by atoms with E-state index in [9.17, 15) is 13.2 Å². The van der Waals surface area contributed by atoms with E-state index < -0.39 is 10.0 Å². The van der Waals surface area contributed by atoms with E-state index >= 15 is 0 Å². The second-order valence-electron chi connectivity index (χ2n) is 7.68. The Morgan fingerprint density at radius 2 is 1.56 bits per heavy atom. The number of benzene rings is 3. The topological polar surface area (TPSA) is 84.5 Å². The molecule has 6 nitrogen and oxygen atoms in total. The normalized spacial score (nSPS) is 12.1. The fraction of sp³-hybridized carbons (Fsp3) is 0.240. The number of hydrogen-bond acceptors (Lipinski definition) is 4. The molecular formula is C25H28N2O4S. The largest absolute Gasteiger partial charge is 0.497 e. The molecule has 0 aromatic heterocycles. The van der Waals surface area contributed by atoms with Crippen molar-refractivity contribution in [2.75, 3.05) is 11.8 Å². The van der Waals surface area contributed by atoms with E-state index in [4.69, 9.17) is 4.74 Å². The van der Waals surface area contributed by atoms with E-state index in [1.165, 1.54) is 0 Å². The van der Waals surface area contributed by atoms with E-state index in [1.807, 2.05) is 50.2 Å². The van der Waals surface area contributed by atoms with Gasteiger partial charge in [0.05, 0.1) is 18.0 Å². The van der Waals surface area contributed by atoms with Crippen molar-refractivity contribution in [1.29, 1.82) is 0 Å². The lowest BCUT2D eigenvalue weighted by molar-refractivity contribution is -0.121. The Morgan fingerprint density at radius 3 is 2.16 bits per heavy atom. The average Bonchev–Trinajstić information content (AvgIpc) is 2.79. The SMILES string of the molecule is COc1ccc([C@H](C)NC(=O)CCc2ccc(S(=O)(=O)Nc3ccc(C)cc3)cc2)cc1. The van der Waals surface area contributed by atoms with E-state index in [-0.39, 0.29) is 16.8 Å². The van der Waals surface area contributed by atoms with E-state index in [1.54, 1.807) is 43.5 Å². The molecule has 168 valence electrons. The van der Waals surface area contributed by atoms with Gasteiger partial charge in [-0.1, -0.05) is 42.0 Å². The van der Waals surface area contributed by atoms with Gasteiger partial charge in [-0.2, -0.15) is 0 Å². The summed E-state index contributed by atoms with van der Waals surface area (Å²) in [6.07, 6.45) is 0.834. The molecule has 0 spiro atoms. The van der Waals surface area contributed by atoms with Crippen molar-refractivity contribution in [3.05, 3.63) is 89.5 Å². The van der Waals surface area contributed by atoms with Crippen LogP contribution in [0.2, 0.25) is 0 Å². The molecule has 1 amide bonds. The second kappa shape index (κ2) is 10.3. The lowest BCUT2D eigenvalue weighted by atomic mass is 10.1. The summed E-state index contributed by atoms with van der Waals surface area (Å²) in [6, 6.07) is 21.2. The van der Waals surface area contributed by atoms with Crippen molar-refractivity contribution >= 4 is 21.6 Å². The Labute approximate surface area is 189 Å². The van der Waals surface area contributed by atoms with E-state index in [0.29, 0.717) is 18.5 Å². The quantitative estimate of drug-likeness (QED) is 0.496. The van der Waals surface area contributed by atoms with E-state index in [2.05, 4.69) is 10.0 Å². The maximum Gasteiger partial charge on any atom is 0.261 e. The molecule has 1 atom stereocenters. The molecule has 0 bridgehead atoms. The van der Waals surface area contributed by atoms with Crippen LogP contribution in [0, 0.1) is 6.92 Å². The third-order valence-electron chi connectivity index (χ3n) is 5.17. The van der Waals surface area contributed by atoms with Gasteiger partial charge in [0.1, 0.15) is 5.75 Å². The summed E-state index contributed by atoms with van der Waals surface area (Å²) in [7, 11) is -2.05. The molecule has 0 aliphatic rings. The highest BCUT2D eigenvalue weighted by Crippen LogP contribution is 2.19. The summed E-state index contributed by atoms with van der Waals surface area (Å²) in [5.74, 6) is 0.706. The summed E-state index contributed by atoms with van der Waals surface area (Å²) in [6.45, 7) is 3.87. The number of carbonyl (C=O) groups is 1. The zero-order valence-electron chi connectivity index (χ0n) is 18.5. The van der Waals surface area contributed by atoms with Gasteiger partial charge < -0.3 is 10.1 Å². The van der Waals surface area contributed by atoms with Gasteiger partial charge in [0, 0.05) is 12.1 Å². The van der Waals surface area contributed by atoms with Gasteiger partial charge in [0.25, 0.3) is 10.0 Å². The molecule has 0 fully saturated rings. The van der Waals surface area contributed by atoms with Gasteiger partial charge in [-0.15, -0.1) is 0 Å². The molecule has 0 heterocycles. The zero-order valence-corrected chi connectivity index (χ0v) is 19.3. The maximum atomic E-state index is 12.6. The number of aryl methyl sites for hydroxylation is 2. The van der Waals surface area contributed by atoms with E-state index in [0.717, 1.165) is 22.4 Å². The van der Waals surface area contributed by atoms with Gasteiger partial charge in [-0.25, -0.2) is 8.42 Å². The van der Waals surface area contributed by atoms with Gasteiger partial charge in [0.15, 0.2) is 0 Å². The molecular weight excluding hydrogens is 424 g/mol. The Hall–Kier alpha value is -3.32. The van der Waals surface area contributed by atoms with Crippen molar-refractivity contribution < 1.29 is 17.9 Å². The molecule has 3 aromatic carbocycles. The van der Waals surface area contributed by atoms with Crippen LogP contribution < -0.4 is 14.8 Å². The molecule has 0 aliphatic carbocycles. The summed E-state index contributed by atoms with van der Waals surface area (Å²) in [5.41, 5.74) is 3.46. The van der Waals surface area contributed by atoms with Crippen LogP contribution in [-0.4, -0.2) is 21.4 Å². The third kappa shape index (κ3) is 6.34. The Kier molecular flexibility index (Phi) is 7.53. The van der Waals surface area contributed by atoms with Crippen LogP contribution in [0.25, 0.3) is 0 Å². The second-order valence-corrected chi connectivity index (χ2v) is 9.36. The van der Waals surface area contributed by atoms with Crippen LogP contribution in [-0.2, 0) is 21.2 Å². The molecule has 32 heavy (non-hydrogen) atoms. The molecule has 3 aromatic rings. The van der Waals surface area contributed by atoms with Gasteiger partial charge in [-0.3, -0.25) is 9.52 Å². The smallest absolute Gasteiger partial charge is 0.261 e. The Morgan fingerprint density at radius 1 is 0.938 bits per heavy atom.